The predicted molar refractivity (Wildman–Crippen MR) is 89.2 cm³/mol. The van der Waals surface area contributed by atoms with Crippen LogP contribution >= 0.6 is 11.9 Å². The summed E-state index contributed by atoms with van der Waals surface area (Å²) in [7, 11) is 0. The summed E-state index contributed by atoms with van der Waals surface area (Å²) in [6, 6.07) is 14.8. The number of carbonyl (C=O) groups excluding carboxylic acids is 1. The molecule has 0 aliphatic rings. The molecule has 2 rings (SSSR count). The predicted octanol–water partition coefficient (Wildman–Crippen LogP) is 2.49. The first kappa shape index (κ1) is 16.5. The zero-order chi connectivity index (χ0) is 16.7. The average molecular weight is 331 g/mol. The van der Waals surface area contributed by atoms with Gasteiger partial charge < -0.3 is 0 Å². The Morgan fingerprint density at radius 1 is 1.09 bits per heavy atom. The molecule has 118 valence electrons. The third-order valence-corrected chi connectivity index (χ3v) is 3.05. The monoisotopic (exact) mass is 331 g/mol. The van der Waals surface area contributed by atoms with Gasteiger partial charge in [0.2, 0.25) is 0 Å². The number of nitrogens with one attached hydrogen (secondary N) is 2. The van der Waals surface area contributed by atoms with Crippen molar-refractivity contribution in [1.29, 1.82) is 0 Å². The van der Waals surface area contributed by atoms with Gasteiger partial charge in [0.1, 0.15) is 0 Å². The Morgan fingerprint density at radius 3 is 2.30 bits per heavy atom. The molecule has 0 aliphatic carbocycles. The molecule has 0 heterocycles. The summed E-state index contributed by atoms with van der Waals surface area (Å²) >= 11 is 0.518. The Kier molecular flexibility index (Phi) is 5.67. The SMILES string of the molecule is NSC(=O)NNC(=Nc1ccccc1)c1ccc([N+](=O)[O-])cc1. The fourth-order valence-corrected chi connectivity index (χ4v) is 1.79. The number of nitro groups is 1. The second-order valence-electron chi connectivity index (χ2n) is 4.26. The summed E-state index contributed by atoms with van der Waals surface area (Å²) in [5.41, 5.74) is 6.23. The molecular formula is C14H13N5O3S. The van der Waals surface area contributed by atoms with Gasteiger partial charge in [-0.25, -0.2) is 4.99 Å². The zero-order valence-electron chi connectivity index (χ0n) is 11.8. The second kappa shape index (κ2) is 7.92. The number of nitrogens with two attached hydrogens (primary N) is 1. The van der Waals surface area contributed by atoms with E-state index in [9.17, 15) is 14.9 Å². The lowest BCUT2D eigenvalue weighted by Gasteiger charge is -2.10. The summed E-state index contributed by atoms with van der Waals surface area (Å²) < 4.78 is 0. The standard InChI is InChI=1S/C14H13N5O3S/c15-23-14(20)18-17-13(16-11-4-2-1-3-5-11)10-6-8-12(9-7-10)19(21)22/h1-9H,15H2,(H,16,17)(H,18,20). The van der Waals surface area contributed by atoms with Crippen LogP contribution in [0.15, 0.2) is 59.6 Å². The molecule has 0 bridgehead atoms. The van der Waals surface area contributed by atoms with E-state index in [2.05, 4.69) is 15.8 Å². The molecule has 0 saturated heterocycles. The molecule has 8 nitrogen and oxygen atoms in total. The van der Waals surface area contributed by atoms with Crippen LogP contribution in [0.2, 0.25) is 0 Å². The van der Waals surface area contributed by atoms with Gasteiger partial charge in [-0.15, -0.1) is 0 Å². The molecule has 1 amide bonds. The molecule has 0 aliphatic heterocycles. The number of rotatable bonds is 3. The highest BCUT2D eigenvalue weighted by Crippen LogP contribution is 2.15. The van der Waals surface area contributed by atoms with Gasteiger partial charge in [0.15, 0.2) is 5.84 Å². The average Bonchev–Trinajstić information content (AvgIpc) is 2.59. The smallest absolute Gasteiger partial charge is 0.281 e. The lowest BCUT2D eigenvalue weighted by atomic mass is 10.2. The maximum Gasteiger partial charge on any atom is 0.312 e. The van der Waals surface area contributed by atoms with Crippen LogP contribution in [0.4, 0.5) is 16.2 Å². The maximum absolute atomic E-state index is 11.3. The molecule has 9 heteroatoms. The number of non-ortho nitro benzene ring substituents is 1. The molecule has 0 fully saturated rings. The number of benzene rings is 2. The van der Waals surface area contributed by atoms with Gasteiger partial charge in [-0.1, -0.05) is 18.2 Å². The van der Waals surface area contributed by atoms with Crippen LogP contribution in [0.1, 0.15) is 5.56 Å². The minimum Gasteiger partial charge on any atom is -0.281 e. The number of aliphatic imine (C=N–C) groups is 1. The minimum atomic E-state index is -0.493. The summed E-state index contributed by atoms with van der Waals surface area (Å²) in [5.74, 6) is 0.327. The molecule has 0 atom stereocenters. The van der Waals surface area contributed by atoms with E-state index in [1.54, 1.807) is 12.1 Å². The van der Waals surface area contributed by atoms with E-state index in [1.165, 1.54) is 24.3 Å². The van der Waals surface area contributed by atoms with Crippen molar-refractivity contribution in [2.24, 2.45) is 10.1 Å². The molecule has 23 heavy (non-hydrogen) atoms. The number of amides is 1. The van der Waals surface area contributed by atoms with E-state index in [0.29, 0.717) is 29.0 Å². The van der Waals surface area contributed by atoms with Gasteiger partial charge in [0, 0.05) is 29.6 Å². The van der Waals surface area contributed by atoms with E-state index in [4.69, 9.17) is 5.14 Å². The van der Waals surface area contributed by atoms with Crippen LogP contribution in [0, 0.1) is 10.1 Å². The third-order valence-electron chi connectivity index (χ3n) is 2.74. The lowest BCUT2D eigenvalue weighted by Crippen LogP contribution is -2.40. The van der Waals surface area contributed by atoms with Crippen LogP contribution in [-0.2, 0) is 0 Å². The highest BCUT2D eigenvalue weighted by atomic mass is 32.2. The van der Waals surface area contributed by atoms with Crippen molar-refractivity contribution >= 4 is 34.4 Å². The first-order valence-electron chi connectivity index (χ1n) is 6.41. The third kappa shape index (κ3) is 4.80. The Bertz CT molecular complexity index is 719. The molecule has 0 unspecified atom stereocenters. The summed E-state index contributed by atoms with van der Waals surface area (Å²) in [5, 5.41) is 15.4. The molecule has 2 aromatic rings. The fourth-order valence-electron chi connectivity index (χ4n) is 1.68. The van der Waals surface area contributed by atoms with E-state index >= 15 is 0 Å². The summed E-state index contributed by atoms with van der Waals surface area (Å²) in [4.78, 5) is 25.9. The van der Waals surface area contributed by atoms with E-state index in [1.807, 2.05) is 18.2 Å². The molecule has 2 aromatic carbocycles. The van der Waals surface area contributed by atoms with Crippen LogP contribution in [0.3, 0.4) is 0 Å². The number of hydrogen-bond donors (Lipinski definition) is 3. The maximum atomic E-state index is 11.3. The number of para-hydroxylation sites is 1. The van der Waals surface area contributed by atoms with Crippen molar-refractivity contribution in [1.82, 2.24) is 10.9 Å². The van der Waals surface area contributed by atoms with Crippen molar-refractivity contribution in [3.05, 3.63) is 70.3 Å². The Hall–Kier alpha value is -2.91. The van der Waals surface area contributed by atoms with Gasteiger partial charge in [-0.2, -0.15) is 0 Å². The number of hydrogen-bond acceptors (Lipinski definition) is 6. The van der Waals surface area contributed by atoms with E-state index in [0.717, 1.165) is 0 Å². The topological polar surface area (TPSA) is 123 Å². The molecule has 0 aromatic heterocycles. The quantitative estimate of drug-likeness (QED) is 0.261. The van der Waals surface area contributed by atoms with Gasteiger partial charge in [0.25, 0.3) is 5.69 Å². The molecule has 4 N–H and O–H groups in total. The molecule has 0 radical (unpaired) electrons. The summed E-state index contributed by atoms with van der Waals surface area (Å²) in [6.07, 6.45) is 0. The minimum absolute atomic E-state index is 0.0330. The van der Waals surface area contributed by atoms with Crippen molar-refractivity contribution in [2.75, 3.05) is 0 Å². The van der Waals surface area contributed by atoms with Crippen LogP contribution in [-0.4, -0.2) is 16.0 Å². The van der Waals surface area contributed by atoms with Gasteiger partial charge in [-0.3, -0.25) is 30.9 Å². The van der Waals surface area contributed by atoms with Crippen LogP contribution in [0.5, 0.6) is 0 Å². The molecule has 0 saturated carbocycles. The van der Waals surface area contributed by atoms with Gasteiger partial charge in [-0.05, 0) is 24.3 Å². The molecular weight excluding hydrogens is 318 g/mol. The largest absolute Gasteiger partial charge is 0.312 e. The number of amidine groups is 1. The van der Waals surface area contributed by atoms with E-state index < -0.39 is 10.2 Å². The number of nitro benzene ring substituents is 1. The first-order chi connectivity index (χ1) is 11.1. The first-order valence-corrected chi connectivity index (χ1v) is 7.29. The zero-order valence-corrected chi connectivity index (χ0v) is 12.6. The van der Waals surface area contributed by atoms with E-state index in [-0.39, 0.29) is 5.69 Å². The Balaban J connectivity index is 2.30. The lowest BCUT2D eigenvalue weighted by molar-refractivity contribution is -0.384. The van der Waals surface area contributed by atoms with Crippen LogP contribution < -0.4 is 16.0 Å². The highest BCUT2D eigenvalue weighted by molar-refractivity contribution is 8.11. The van der Waals surface area contributed by atoms with Gasteiger partial charge >= 0.3 is 5.24 Å². The van der Waals surface area contributed by atoms with Crippen molar-refractivity contribution in [3.63, 3.8) is 0 Å². The fraction of sp³-hybridized carbons (Fsp3) is 0. The van der Waals surface area contributed by atoms with Crippen LogP contribution in [0.25, 0.3) is 0 Å². The van der Waals surface area contributed by atoms with Crippen molar-refractivity contribution < 1.29 is 9.72 Å². The molecule has 0 spiro atoms. The normalized spacial score (nSPS) is 10.9. The van der Waals surface area contributed by atoms with Crippen molar-refractivity contribution in [3.8, 4) is 0 Å². The second-order valence-corrected chi connectivity index (χ2v) is 4.86. The van der Waals surface area contributed by atoms with Gasteiger partial charge in [0.05, 0.1) is 10.6 Å². The number of hydrazine groups is 1. The number of nitrogens with zero attached hydrogens (tertiary/aromatic N) is 2. The Labute approximate surface area is 136 Å². The highest BCUT2D eigenvalue weighted by Gasteiger charge is 2.09. The van der Waals surface area contributed by atoms with Crippen molar-refractivity contribution in [2.45, 2.75) is 0 Å². The number of carbonyl (C=O) groups is 1. The summed E-state index contributed by atoms with van der Waals surface area (Å²) in [6.45, 7) is 0. The Morgan fingerprint density at radius 2 is 1.74 bits per heavy atom.